The van der Waals surface area contributed by atoms with Gasteiger partial charge in [-0.1, -0.05) is 6.07 Å². The zero-order valence-electron chi connectivity index (χ0n) is 8.37. The topological polar surface area (TPSA) is 32.3 Å². The van der Waals surface area contributed by atoms with Crippen LogP contribution in [0, 0.1) is 5.82 Å². The second kappa shape index (κ2) is 4.29. The molecule has 0 aromatic heterocycles. The van der Waals surface area contributed by atoms with Crippen molar-refractivity contribution in [2.24, 2.45) is 0 Å². The summed E-state index contributed by atoms with van der Waals surface area (Å²) in [5, 5.41) is 2.78. The summed E-state index contributed by atoms with van der Waals surface area (Å²) in [5.74, 6) is -0.270. The third-order valence-corrected chi connectivity index (χ3v) is 2.43. The van der Waals surface area contributed by atoms with Crippen molar-refractivity contribution in [2.45, 2.75) is 6.42 Å². The minimum absolute atomic E-state index is 0.00300. The van der Waals surface area contributed by atoms with Crippen LogP contribution in [0.15, 0.2) is 24.3 Å². The number of carbonyl (C=O) groups excluding carboxylic acids is 1. The first-order valence-corrected chi connectivity index (χ1v) is 5.03. The molecule has 1 fully saturated rings. The van der Waals surface area contributed by atoms with Crippen LogP contribution in [0.3, 0.4) is 0 Å². The highest BCUT2D eigenvalue weighted by molar-refractivity contribution is 5.81. The Morgan fingerprint density at radius 3 is 3.07 bits per heavy atom. The second-order valence-corrected chi connectivity index (χ2v) is 3.60. The highest BCUT2D eigenvalue weighted by atomic mass is 19.1. The van der Waals surface area contributed by atoms with Crippen molar-refractivity contribution >= 4 is 11.6 Å². The Morgan fingerprint density at radius 1 is 1.40 bits per heavy atom. The van der Waals surface area contributed by atoms with E-state index >= 15 is 0 Å². The monoisotopic (exact) mass is 208 g/mol. The fraction of sp³-hybridized carbons (Fsp3) is 0.364. The molecule has 1 saturated heterocycles. The van der Waals surface area contributed by atoms with E-state index in [-0.39, 0.29) is 11.7 Å². The molecule has 0 bridgehead atoms. The molecular formula is C11H13FN2O. The first kappa shape index (κ1) is 9.96. The molecule has 4 heteroatoms. The number of nitrogens with zero attached hydrogens (tertiary/aromatic N) is 1. The van der Waals surface area contributed by atoms with Gasteiger partial charge in [-0.3, -0.25) is 4.79 Å². The third-order valence-electron chi connectivity index (χ3n) is 2.43. The van der Waals surface area contributed by atoms with Crippen molar-refractivity contribution < 1.29 is 9.18 Å². The van der Waals surface area contributed by atoms with Crippen LogP contribution in [0.25, 0.3) is 0 Å². The smallest absolute Gasteiger partial charge is 0.239 e. The average molecular weight is 208 g/mol. The Hall–Kier alpha value is -1.58. The Bertz CT molecular complexity index is 367. The van der Waals surface area contributed by atoms with Crippen molar-refractivity contribution in [1.29, 1.82) is 0 Å². The van der Waals surface area contributed by atoms with E-state index in [9.17, 15) is 9.18 Å². The van der Waals surface area contributed by atoms with Gasteiger partial charge in [0.15, 0.2) is 0 Å². The molecule has 0 aliphatic carbocycles. The molecule has 0 saturated carbocycles. The molecule has 80 valence electrons. The van der Waals surface area contributed by atoms with Crippen molar-refractivity contribution in [1.82, 2.24) is 5.32 Å². The second-order valence-electron chi connectivity index (χ2n) is 3.60. The summed E-state index contributed by atoms with van der Waals surface area (Å²) in [4.78, 5) is 13.2. The molecule has 0 atom stereocenters. The maximum atomic E-state index is 13.0. The van der Waals surface area contributed by atoms with Gasteiger partial charge in [0, 0.05) is 18.8 Å². The molecule has 1 amide bonds. The van der Waals surface area contributed by atoms with Gasteiger partial charge in [0.25, 0.3) is 0 Å². The first-order valence-electron chi connectivity index (χ1n) is 5.03. The Labute approximate surface area is 87.9 Å². The van der Waals surface area contributed by atoms with Crippen LogP contribution in [-0.4, -0.2) is 25.5 Å². The zero-order chi connectivity index (χ0) is 10.7. The van der Waals surface area contributed by atoms with E-state index in [0.29, 0.717) is 13.1 Å². The fourth-order valence-electron chi connectivity index (χ4n) is 1.70. The number of anilines is 1. The summed E-state index contributed by atoms with van der Waals surface area (Å²) in [6.45, 7) is 1.79. The zero-order valence-corrected chi connectivity index (χ0v) is 8.37. The van der Waals surface area contributed by atoms with Crippen LogP contribution in [0.1, 0.15) is 6.42 Å². The van der Waals surface area contributed by atoms with Gasteiger partial charge in [0.1, 0.15) is 5.82 Å². The van der Waals surface area contributed by atoms with E-state index in [0.717, 1.165) is 18.7 Å². The number of benzene rings is 1. The van der Waals surface area contributed by atoms with Crippen molar-refractivity contribution in [3.05, 3.63) is 30.1 Å². The number of hydrogen-bond donors (Lipinski definition) is 1. The van der Waals surface area contributed by atoms with Crippen molar-refractivity contribution in [3.8, 4) is 0 Å². The Kier molecular flexibility index (Phi) is 2.85. The molecule has 3 nitrogen and oxygen atoms in total. The molecule has 1 N–H and O–H groups in total. The van der Waals surface area contributed by atoms with E-state index < -0.39 is 0 Å². The quantitative estimate of drug-likeness (QED) is 0.751. The number of nitrogens with one attached hydrogen (secondary N) is 1. The summed E-state index contributed by atoms with van der Waals surface area (Å²) in [5.41, 5.74) is 0.770. The molecule has 15 heavy (non-hydrogen) atoms. The number of amides is 1. The maximum absolute atomic E-state index is 13.0. The standard InChI is InChI=1S/C11H13FN2O/c12-9-3-1-4-10(7-9)14-6-2-5-13-11(15)8-14/h1,3-4,7H,2,5-6,8H2,(H,13,15). The van der Waals surface area contributed by atoms with Crippen LogP contribution >= 0.6 is 0 Å². The summed E-state index contributed by atoms with van der Waals surface area (Å²) >= 11 is 0. The van der Waals surface area contributed by atoms with Gasteiger partial charge >= 0.3 is 0 Å². The molecule has 1 aromatic carbocycles. The summed E-state index contributed by atoms with van der Waals surface area (Å²) in [7, 11) is 0. The first-order chi connectivity index (χ1) is 7.25. The van der Waals surface area contributed by atoms with E-state index in [1.807, 2.05) is 11.0 Å². The lowest BCUT2D eigenvalue weighted by Crippen LogP contribution is -2.33. The molecule has 0 unspecified atom stereocenters. The van der Waals surface area contributed by atoms with Gasteiger partial charge < -0.3 is 10.2 Å². The van der Waals surface area contributed by atoms with Crippen LogP contribution in [0.5, 0.6) is 0 Å². The maximum Gasteiger partial charge on any atom is 0.239 e. The lowest BCUT2D eigenvalue weighted by atomic mass is 10.2. The number of rotatable bonds is 1. The highest BCUT2D eigenvalue weighted by Crippen LogP contribution is 2.16. The summed E-state index contributed by atoms with van der Waals surface area (Å²) < 4.78 is 13.0. The average Bonchev–Trinajstić information content (AvgIpc) is 2.43. The van der Waals surface area contributed by atoms with Crippen molar-refractivity contribution in [3.63, 3.8) is 0 Å². The molecule has 1 heterocycles. The van der Waals surface area contributed by atoms with Gasteiger partial charge in [0.05, 0.1) is 6.54 Å². The molecule has 1 aliphatic heterocycles. The van der Waals surface area contributed by atoms with E-state index in [2.05, 4.69) is 5.32 Å². The van der Waals surface area contributed by atoms with Crippen LogP contribution in [0.4, 0.5) is 10.1 Å². The normalized spacial score (nSPS) is 17.1. The Morgan fingerprint density at radius 2 is 2.27 bits per heavy atom. The lowest BCUT2D eigenvalue weighted by molar-refractivity contribution is -0.119. The molecule has 1 aromatic rings. The summed E-state index contributed by atoms with van der Waals surface area (Å²) in [6, 6.07) is 6.34. The van der Waals surface area contributed by atoms with Gasteiger partial charge in [0.2, 0.25) is 5.91 Å². The van der Waals surface area contributed by atoms with Crippen LogP contribution in [-0.2, 0) is 4.79 Å². The SMILES string of the molecule is O=C1CN(c2cccc(F)c2)CCCN1. The molecule has 1 aliphatic rings. The van der Waals surface area contributed by atoms with Crippen molar-refractivity contribution in [2.75, 3.05) is 24.5 Å². The van der Waals surface area contributed by atoms with Crippen LogP contribution < -0.4 is 10.2 Å². The minimum Gasteiger partial charge on any atom is -0.362 e. The fourth-order valence-corrected chi connectivity index (χ4v) is 1.70. The van der Waals surface area contributed by atoms with Crippen LogP contribution in [0.2, 0.25) is 0 Å². The molecule has 0 radical (unpaired) electrons. The predicted molar refractivity (Wildman–Crippen MR) is 56.2 cm³/mol. The summed E-state index contributed by atoms with van der Waals surface area (Å²) in [6.07, 6.45) is 0.891. The van der Waals surface area contributed by atoms with E-state index in [1.165, 1.54) is 12.1 Å². The highest BCUT2D eigenvalue weighted by Gasteiger charge is 2.14. The van der Waals surface area contributed by atoms with Gasteiger partial charge in [-0.25, -0.2) is 4.39 Å². The molecule has 2 rings (SSSR count). The van der Waals surface area contributed by atoms with Gasteiger partial charge in [-0.05, 0) is 24.6 Å². The van der Waals surface area contributed by atoms with Gasteiger partial charge in [-0.2, -0.15) is 0 Å². The molecule has 0 spiro atoms. The predicted octanol–water partition coefficient (Wildman–Crippen LogP) is 1.15. The third kappa shape index (κ3) is 2.46. The number of halogens is 1. The lowest BCUT2D eigenvalue weighted by Gasteiger charge is -2.21. The largest absolute Gasteiger partial charge is 0.362 e. The Balaban J connectivity index is 2.18. The minimum atomic E-state index is -0.267. The number of hydrogen-bond acceptors (Lipinski definition) is 2. The number of carbonyl (C=O) groups is 1. The van der Waals surface area contributed by atoms with Gasteiger partial charge in [-0.15, -0.1) is 0 Å². The molecular weight excluding hydrogens is 195 g/mol. The van der Waals surface area contributed by atoms with E-state index in [1.54, 1.807) is 6.07 Å². The van der Waals surface area contributed by atoms with E-state index in [4.69, 9.17) is 0 Å².